The Morgan fingerprint density at radius 2 is 2.12 bits per heavy atom. The van der Waals surface area contributed by atoms with Crippen molar-refractivity contribution < 1.29 is 9.32 Å². The maximum atomic E-state index is 11.2. The van der Waals surface area contributed by atoms with Crippen LogP contribution < -0.4 is 0 Å². The van der Waals surface area contributed by atoms with Gasteiger partial charge >= 0.3 is 0 Å². The molecule has 0 radical (unpaired) electrons. The molecule has 0 saturated heterocycles. The van der Waals surface area contributed by atoms with Gasteiger partial charge in [-0.15, -0.1) is 5.10 Å². The van der Waals surface area contributed by atoms with E-state index in [-0.39, 0.29) is 5.91 Å². The molecule has 124 valence electrons. The Bertz CT molecular complexity index is 858. The number of carbonyl (C=O) groups excluding carboxylic acids is 1. The number of hydrogen-bond donors (Lipinski definition) is 0. The van der Waals surface area contributed by atoms with Crippen LogP contribution in [0, 0.1) is 6.92 Å². The van der Waals surface area contributed by atoms with Gasteiger partial charge in [-0.05, 0) is 24.0 Å². The quantitative estimate of drug-likeness (QED) is 0.708. The molecule has 8 heteroatoms. The lowest BCUT2D eigenvalue weighted by Crippen LogP contribution is -2.26. The van der Waals surface area contributed by atoms with Gasteiger partial charge in [0.15, 0.2) is 5.82 Å². The number of nitrogens with zero attached hydrogens (tertiary/aromatic N) is 5. The van der Waals surface area contributed by atoms with Crippen molar-refractivity contribution >= 4 is 17.4 Å². The molecule has 3 aromatic rings. The van der Waals surface area contributed by atoms with Crippen molar-refractivity contribution in [3.8, 4) is 22.0 Å². The van der Waals surface area contributed by atoms with Crippen molar-refractivity contribution in [3.05, 3.63) is 35.7 Å². The van der Waals surface area contributed by atoms with E-state index in [9.17, 15) is 4.79 Å². The standard InChI is InChI=1S/C16H17N5O2S/c1-10-6-4-5-7-12(10)14-15(24-20-18-14)16-17-13(19-23-16)8-9-21(3)11(2)22/h4-7H,8-9H2,1-3H3. The Hall–Kier alpha value is -2.61. The van der Waals surface area contributed by atoms with Gasteiger partial charge in [0.05, 0.1) is 0 Å². The largest absolute Gasteiger partial charge is 0.346 e. The summed E-state index contributed by atoms with van der Waals surface area (Å²) < 4.78 is 9.40. The highest BCUT2D eigenvalue weighted by Crippen LogP contribution is 2.33. The fraction of sp³-hybridized carbons (Fsp3) is 0.312. The number of rotatable bonds is 5. The van der Waals surface area contributed by atoms with Gasteiger partial charge in [0.1, 0.15) is 10.6 Å². The summed E-state index contributed by atoms with van der Waals surface area (Å²) in [6.45, 7) is 4.09. The monoisotopic (exact) mass is 343 g/mol. The van der Waals surface area contributed by atoms with E-state index in [0.717, 1.165) is 21.7 Å². The lowest BCUT2D eigenvalue weighted by molar-refractivity contribution is -0.127. The Morgan fingerprint density at radius 3 is 2.88 bits per heavy atom. The number of amides is 1. The van der Waals surface area contributed by atoms with E-state index in [4.69, 9.17) is 4.52 Å². The Labute approximate surface area is 143 Å². The van der Waals surface area contributed by atoms with E-state index >= 15 is 0 Å². The minimum absolute atomic E-state index is 0.00668. The molecule has 1 aromatic carbocycles. The summed E-state index contributed by atoms with van der Waals surface area (Å²) in [5.74, 6) is 0.971. The molecule has 0 bridgehead atoms. The van der Waals surface area contributed by atoms with E-state index in [0.29, 0.717) is 24.7 Å². The maximum Gasteiger partial charge on any atom is 0.271 e. The van der Waals surface area contributed by atoms with Gasteiger partial charge in [-0.1, -0.05) is 33.9 Å². The molecule has 7 nitrogen and oxygen atoms in total. The number of benzene rings is 1. The second-order valence-corrected chi connectivity index (χ2v) is 6.23. The van der Waals surface area contributed by atoms with Crippen molar-refractivity contribution in [1.29, 1.82) is 0 Å². The van der Waals surface area contributed by atoms with Crippen LogP contribution in [-0.4, -0.2) is 44.1 Å². The Balaban J connectivity index is 1.83. The van der Waals surface area contributed by atoms with E-state index < -0.39 is 0 Å². The summed E-state index contributed by atoms with van der Waals surface area (Å²) >= 11 is 1.23. The number of aromatic nitrogens is 4. The molecule has 0 atom stereocenters. The van der Waals surface area contributed by atoms with Crippen LogP contribution in [0.15, 0.2) is 28.8 Å². The summed E-state index contributed by atoms with van der Waals surface area (Å²) in [5.41, 5.74) is 2.85. The topological polar surface area (TPSA) is 85.0 Å². The highest BCUT2D eigenvalue weighted by atomic mass is 32.1. The van der Waals surface area contributed by atoms with E-state index in [1.807, 2.05) is 31.2 Å². The van der Waals surface area contributed by atoms with Gasteiger partial charge < -0.3 is 9.42 Å². The van der Waals surface area contributed by atoms with Crippen LogP contribution in [0.4, 0.5) is 0 Å². The van der Waals surface area contributed by atoms with Gasteiger partial charge in [-0.2, -0.15) is 4.98 Å². The van der Waals surface area contributed by atoms with Crippen LogP contribution in [0.5, 0.6) is 0 Å². The van der Waals surface area contributed by atoms with Gasteiger partial charge in [0.2, 0.25) is 5.91 Å². The minimum Gasteiger partial charge on any atom is -0.346 e. The lowest BCUT2D eigenvalue weighted by atomic mass is 10.1. The molecule has 0 unspecified atom stereocenters. The first-order chi connectivity index (χ1) is 11.6. The molecule has 0 N–H and O–H groups in total. The zero-order valence-electron chi connectivity index (χ0n) is 13.7. The smallest absolute Gasteiger partial charge is 0.271 e. The highest BCUT2D eigenvalue weighted by Gasteiger charge is 2.19. The van der Waals surface area contributed by atoms with E-state index in [2.05, 4.69) is 19.7 Å². The fourth-order valence-corrected chi connectivity index (χ4v) is 2.82. The van der Waals surface area contributed by atoms with Crippen LogP contribution >= 0.6 is 11.5 Å². The first-order valence-electron chi connectivity index (χ1n) is 7.49. The number of hydrogen-bond acceptors (Lipinski definition) is 7. The summed E-state index contributed by atoms with van der Waals surface area (Å²) in [7, 11) is 1.74. The SMILES string of the molecule is CC(=O)N(C)CCc1noc(-c2snnc2-c2ccccc2C)n1. The number of aryl methyl sites for hydroxylation is 1. The third-order valence-electron chi connectivity index (χ3n) is 3.76. The van der Waals surface area contributed by atoms with Crippen molar-refractivity contribution in [2.24, 2.45) is 0 Å². The van der Waals surface area contributed by atoms with E-state index in [1.54, 1.807) is 11.9 Å². The predicted molar refractivity (Wildman–Crippen MR) is 90.4 cm³/mol. The Morgan fingerprint density at radius 1 is 1.33 bits per heavy atom. The van der Waals surface area contributed by atoms with Gasteiger partial charge in [0, 0.05) is 32.5 Å². The third kappa shape index (κ3) is 3.33. The van der Waals surface area contributed by atoms with Gasteiger partial charge in [-0.3, -0.25) is 4.79 Å². The molecular weight excluding hydrogens is 326 g/mol. The minimum atomic E-state index is 0.00668. The van der Waals surface area contributed by atoms with Crippen molar-refractivity contribution in [1.82, 2.24) is 24.6 Å². The molecule has 2 aromatic heterocycles. The molecule has 0 fully saturated rings. The van der Waals surface area contributed by atoms with E-state index in [1.165, 1.54) is 18.5 Å². The number of carbonyl (C=O) groups is 1. The van der Waals surface area contributed by atoms with Crippen molar-refractivity contribution in [3.63, 3.8) is 0 Å². The van der Waals surface area contributed by atoms with Crippen LogP contribution in [-0.2, 0) is 11.2 Å². The maximum absolute atomic E-state index is 11.2. The fourth-order valence-electron chi connectivity index (χ4n) is 2.22. The molecule has 0 aliphatic rings. The second kappa shape index (κ2) is 6.88. The molecule has 24 heavy (non-hydrogen) atoms. The molecule has 0 saturated carbocycles. The zero-order chi connectivity index (χ0) is 17.1. The Kier molecular flexibility index (Phi) is 4.66. The summed E-state index contributed by atoms with van der Waals surface area (Å²) in [6, 6.07) is 7.96. The summed E-state index contributed by atoms with van der Waals surface area (Å²) in [5, 5.41) is 8.21. The molecule has 3 rings (SSSR count). The van der Waals surface area contributed by atoms with Crippen molar-refractivity contribution in [2.75, 3.05) is 13.6 Å². The van der Waals surface area contributed by atoms with Crippen LogP contribution in [0.25, 0.3) is 22.0 Å². The first-order valence-corrected chi connectivity index (χ1v) is 8.26. The van der Waals surface area contributed by atoms with Gasteiger partial charge in [-0.25, -0.2) is 0 Å². The average molecular weight is 343 g/mol. The van der Waals surface area contributed by atoms with Crippen LogP contribution in [0.3, 0.4) is 0 Å². The molecule has 2 heterocycles. The normalized spacial score (nSPS) is 10.8. The molecular formula is C16H17N5O2S. The van der Waals surface area contributed by atoms with Crippen molar-refractivity contribution in [2.45, 2.75) is 20.3 Å². The molecule has 0 aliphatic carbocycles. The average Bonchev–Trinajstić information content (AvgIpc) is 3.21. The molecule has 0 spiro atoms. The first kappa shape index (κ1) is 16.3. The zero-order valence-corrected chi connectivity index (χ0v) is 14.5. The van der Waals surface area contributed by atoms with Crippen LogP contribution in [0.1, 0.15) is 18.3 Å². The predicted octanol–water partition coefficient (Wildman–Crippen LogP) is 2.58. The summed E-state index contributed by atoms with van der Waals surface area (Å²) in [4.78, 5) is 18.0. The van der Waals surface area contributed by atoms with Crippen LogP contribution in [0.2, 0.25) is 0 Å². The molecule has 0 aliphatic heterocycles. The third-order valence-corrected chi connectivity index (χ3v) is 4.47. The highest BCUT2D eigenvalue weighted by molar-refractivity contribution is 7.09. The number of likely N-dealkylation sites (N-methyl/N-ethyl adjacent to an activating group) is 1. The van der Waals surface area contributed by atoms with Gasteiger partial charge in [0.25, 0.3) is 5.89 Å². The molecule has 1 amide bonds. The second-order valence-electron chi connectivity index (χ2n) is 5.47. The lowest BCUT2D eigenvalue weighted by Gasteiger charge is -2.12. The summed E-state index contributed by atoms with van der Waals surface area (Å²) in [6.07, 6.45) is 0.533.